The Labute approximate surface area is 134 Å². The molecule has 7 nitrogen and oxygen atoms in total. The summed E-state index contributed by atoms with van der Waals surface area (Å²) in [6.07, 6.45) is -1.86. The van der Waals surface area contributed by atoms with Crippen molar-refractivity contribution in [3.8, 4) is 0 Å². The molecule has 3 amide bonds. The van der Waals surface area contributed by atoms with Gasteiger partial charge in [0.05, 0.1) is 23.1 Å². The van der Waals surface area contributed by atoms with Crippen LogP contribution >= 0.6 is 0 Å². The number of urea groups is 1. The first-order chi connectivity index (χ1) is 11.1. The number of anilines is 3. The maximum absolute atomic E-state index is 13.1. The van der Waals surface area contributed by atoms with Gasteiger partial charge in [-0.1, -0.05) is 0 Å². The Morgan fingerprint density at radius 1 is 1.12 bits per heavy atom. The van der Waals surface area contributed by atoms with E-state index < -0.39 is 29.4 Å². The van der Waals surface area contributed by atoms with E-state index in [9.17, 15) is 22.8 Å². The number of nitrogens with zero attached hydrogens (tertiary/aromatic N) is 2. The molecule has 0 spiro atoms. The van der Waals surface area contributed by atoms with E-state index in [1.807, 2.05) is 0 Å². The lowest BCUT2D eigenvalue weighted by Gasteiger charge is -2.15. The quantitative estimate of drug-likeness (QED) is 0.802. The average molecular weight is 341 g/mol. The summed E-state index contributed by atoms with van der Waals surface area (Å²) < 4.78 is 40.9. The summed E-state index contributed by atoms with van der Waals surface area (Å²) in [5.74, 6) is -0.502. The van der Waals surface area contributed by atoms with Crippen molar-refractivity contribution in [3.63, 3.8) is 0 Å². The number of carbonyl (C=O) groups excluding carboxylic acids is 2. The van der Waals surface area contributed by atoms with E-state index in [0.717, 1.165) is 12.1 Å². The number of nitrogens with one attached hydrogen (secondary N) is 3. The lowest BCUT2D eigenvalue weighted by atomic mass is 10.1. The summed E-state index contributed by atoms with van der Waals surface area (Å²) in [5.41, 5.74) is -1.19. The van der Waals surface area contributed by atoms with Crippen molar-refractivity contribution in [2.24, 2.45) is 7.05 Å². The van der Waals surface area contributed by atoms with E-state index in [0.29, 0.717) is 5.69 Å². The molecular weight excluding hydrogens is 327 g/mol. The molecule has 0 unspecified atom stereocenters. The van der Waals surface area contributed by atoms with E-state index in [1.165, 1.54) is 30.1 Å². The first-order valence-corrected chi connectivity index (χ1v) is 6.70. The second-order valence-electron chi connectivity index (χ2n) is 4.92. The fourth-order valence-electron chi connectivity index (χ4n) is 1.94. The smallest absolute Gasteiger partial charge is 0.326 e. The van der Waals surface area contributed by atoms with Crippen molar-refractivity contribution in [1.82, 2.24) is 9.78 Å². The number of aromatic nitrogens is 2. The summed E-state index contributed by atoms with van der Waals surface area (Å²) in [7, 11) is 1.63. The summed E-state index contributed by atoms with van der Waals surface area (Å²) in [6.45, 7) is 1.18. The van der Waals surface area contributed by atoms with Gasteiger partial charge in [0.2, 0.25) is 5.91 Å². The Hall–Kier alpha value is -3.04. The number of carbonyl (C=O) groups is 2. The van der Waals surface area contributed by atoms with Crippen LogP contribution in [0.5, 0.6) is 0 Å². The van der Waals surface area contributed by atoms with E-state index in [-0.39, 0.29) is 5.69 Å². The largest absolute Gasteiger partial charge is 0.418 e. The predicted octanol–water partition coefficient (Wildman–Crippen LogP) is 3.04. The van der Waals surface area contributed by atoms with Gasteiger partial charge in [0.25, 0.3) is 0 Å². The van der Waals surface area contributed by atoms with Crippen LogP contribution in [0.3, 0.4) is 0 Å². The molecule has 128 valence electrons. The average Bonchev–Trinajstić information content (AvgIpc) is 2.84. The van der Waals surface area contributed by atoms with Gasteiger partial charge in [0, 0.05) is 25.9 Å². The van der Waals surface area contributed by atoms with Gasteiger partial charge < -0.3 is 16.0 Å². The molecule has 1 aromatic heterocycles. The van der Waals surface area contributed by atoms with Crippen LogP contribution in [0.25, 0.3) is 0 Å². The highest BCUT2D eigenvalue weighted by atomic mass is 19.4. The van der Waals surface area contributed by atoms with Gasteiger partial charge in [-0.15, -0.1) is 0 Å². The van der Waals surface area contributed by atoms with Crippen molar-refractivity contribution in [2.45, 2.75) is 13.1 Å². The van der Waals surface area contributed by atoms with Gasteiger partial charge in [0.15, 0.2) is 0 Å². The fourth-order valence-corrected chi connectivity index (χ4v) is 1.94. The highest BCUT2D eigenvalue weighted by Crippen LogP contribution is 2.36. The maximum atomic E-state index is 13.1. The van der Waals surface area contributed by atoms with Gasteiger partial charge in [0.1, 0.15) is 0 Å². The van der Waals surface area contributed by atoms with E-state index in [4.69, 9.17) is 0 Å². The third-order valence-electron chi connectivity index (χ3n) is 2.86. The number of aryl methyl sites for hydroxylation is 1. The fraction of sp³-hybridized carbons (Fsp3) is 0.214. The predicted molar refractivity (Wildman–Crippen MR) is 81.6 cm³/mol. The van der Waals surface area contributed by atoms with Crippen LogP contribution in [0.1, 0.15) is 12.5 Å². The second-order valence-corrected chi connectivity index (χ2v) is 4.92. The monoisotopic (exact) mass is 341 g/mol. The van der Waals surface area contributed by atoms with Crippen LogP contribution < -0.4 is 16.0 Å². The van der Waals surface area contributed by atoms with Gasteiger partial charge in [-0.25, -0.2) is 4.79 Å². The van der Waals surface area contributed by atoms with Crippen molar-refractivity contribution in [1.29, 1.82) is 0 Å². The summed E-state index contributed by atoms with van der Waals surface area (Å²) >= 11 is 0. The normalized spacial score (nSPS) is 11.0. The molecule has 1 heterocycles. The molecule has 0 aliphatic carbocycles. The molecule has 0 aliphatic heterocycles. The van der Waals surface area contributed by atoms with Crippen LogP contribution in [0.2, 0.25) is 0 Å². The third-order valence-corrected chi connectivity index (χ3v) is 2.86. The molecule has 24 heavy (non-hydrogen) atoms. The Kier molecular flexibility index (Phi) is 4.77. The lowest BCUT2D eigenvalue weighted by Crippen LogP contribution is -2.22. The zero-order chi connectivity index (χ0) is 17.9. The highest BCUT2D eigenvalue weighted by Gasteiger charge is 2.34. The van der Waals surface area contributed by atoms with Crippen LogP contribution in [0, 0.1) is 0 Å². The Morgan fingerprint density at radius 3 is 2.38 bits per heavy atom. The lowest BCUT2D eigenvalue weighted by molar-refractivity contribution is -0.136. The molecule has 10 heteroatoms. The molecule has 0 saturated carbocycles. The molecule has 0 aliphatic rings. The van der Waals surface area contributed by atoms with E-state index in [2.05, 4.69) is 21.0 Å². The van der Waals surface area contributed by atoms with Crippen molar-refractivity contribution in [2.75, 3.05) is 16.0 Å². The summed E-state index contributed by atoms with van der Waals surface area (Å²) in [4.78, 5) is 22.8. The summed E-state index contributed by atoms with van der Waals surface area (Å²) in [5, 5.41) is 10.6. The minimum Gasteiger partial charge on any atom is -0.326 e. The minimum atomic E-state index is -4.70. The number of hydrogen-bond donors (Lipinski definition) is 3. The molecule has 0 saturated heterocycles. The van der Waals surface area contributed by atoms with Gasteiger partial charge in [-0.3, -0.25) is 9.48 Å². The van der Waals surface area contributed by atoms with E-state index in [1.54, 1.807) is 7.05 Å². The first kappa shape index (κ1) is 17.3. The molecule has 0 bridgehead atoms. The number of rotatable bonds is 3. The summed E-state index contributed by atoms with van der Waals surface area (Å²) in [6, 6.07) is 2.23. The van der Waals surface area contributed by atoms with Gasteiger partial charge in [-0.05, 0) is 18.2 Å². The molecule has 1 aromatic carbocycles. The second kappa shape index (κ2) is 6.60. The number of hydrogen-bond acceptors (Lipinski definition) is 3. The molecule has 0 fully saturated rings. The van der Waals surface area contributed by atoms with Crippen LogP contribution in [0.15, 0.2) is 30.6 Å². The minimum absolute atomic E-state index is 0.0203. The topological polar surface area (TPSA) is 88.1 Å². The Bertz CT molecular complexity index is 770. The van der Waals surface area contributed by atoms with E-state index >= 15 is 0 Å². The molecular formula is C14H14F3N5O2. The molecule has 2 rings (SSSR count). The molecule has 0 atom stereocenters. The number of alkyl halides is 3. The molecule has 0 radical (unpaired) electrons. The number of halogens is 3. The molecule has 2 aromatic rings. The zero-order valence-corrected chi connectivity index (χ0v) is 12.7. The van der Waals surface area contributed by atoms with Gasteiger partial charge >= 0.3 is 12.2 Å². The van der Waals surface area contributed by atoms with Crippen molar-refractivity contribution >= 4 is 29.0 Å². The van der Waals surface area contributed by atoms with Crippen LogP contribution in [-0.4, -0.2) is 21.7 Å². The van der Waals surface area contributed by atoms with Crippen molar-refractivity contribution in [3.05, 3.63) is 36.2 Å². The first-order valence-electron chi connectivity index (χ1n) is 6.70. The Morgan fingerprint density at radius 2 is 1.83 bits per heavy atom. The van der Waals surface area contributed by atoms with Crippen LogP contribution in [-0.2, 0) is 18.0 Å². The molecule has 3 N–H and O–H groups in total. The SMILES string of the molecule is CC(=O)Nc1ccc(NC(=O)Nc2cnn(C)c2)c(C(F)(F)F)c1. The standard InChI is InChI=1S/C14H14F3N5O2/c1-8(23)19-9-3-4-12(11(5-9)14(15,16)17)21-13(24)20-10-6-18-22(2)7-10/h3-7H,1-2H3,(H,19,23)(H2,20,21,24). The number of benzene rings is 1. The van der Waals surface area contributed by atoms with Gasteiger partial charge in [-0.2, -0.15) is 18.3 Å². The highest BCUT2D eigenvalue weighted by molar-refractivity contribution is 6.00. The van der Waals surface area contributed by atoms with Crippen LogP contribution in [0.4, 0.5) is 35.0 Å². The van der Waals surface area contributed by atoms with Crippen molar-refractivity contribution < 1.29 is 22.8 Å². The zero-order valence-electron chi connectivity index (χ0n) is 12.7. The third kappa shape index (κ3) is 4.48. The Balaban J connectivity index is 2.21. The number of amides is 3. The maximum Gasteiger partial charge on any atom is 0.418 e.